The van der Waals surface area contributed by atoms with Crippen LogP contribution in [0.5, 0.6) is 0 Å². The molecule has 0 saturated heterocycles. The third-order valence-corrected chi connectivity index (χ3v) is 2.05. The zero-order valence-electron chi connectivity index (χ0n) is 6.82. The van der Waals surface area contributed by atoms with Crippen molar-refractivity contribution >= 4 is 29.1 Å². The number of halogens is 1. The third-order valence-electron chi connectivity index (χ3n) is 1.72. The summed E-state index contributed by atoms with van der Waals surface area (Å²) < 4.78 is 0. The van der Waals surface area contributed by atoms with Gasteiger partial charge in [-0.3, -0.25) is 9.59 Å². The first-order valence-electron chi connectivity index (χ1n) is 3.69. The highest BCUT2D eigenvalue weighted by Crippen LogP contribution is 2.12. The number of carbonyl (C=O) groups excluding carboxylic acids is 2. The quantitative estimate of drug-likeness (QED) is 0.450. The second kappa shape index (κ2) is 2.88. The number of amides is 2. The van der Waals surface area contributed by atoms with Crippen LogP contribution < -0.4 is 16.4 Å². The summed E-state index contributed by atoms with van der Waals surface area (Å²) in [5.74, 6) is -1.78. The summed E-state index contributed by atoms with van der Waals surface area (Å²) in [7, 11) is 0. The molecule has 2 rings (SSSR count). The maximum atomic E-state index is 10.9. The Balaban J connectivity index is 2.87. The maximum absolute atomic E-state index is 10.9. The van der Waals surface area contributed by atoms with Gasteiger partial charge in [0.1, 0.15) is 0 Å². The fourth-order valence-electron chi connectivity index (χ4n) is 1.06. The number of benzene rings is 1. The van der Waals surface area contributed by atoms with Crippen molar-refractivity contribution in [1.29, 1.82) is 0 Å². The molecule has 0 saturated carbocycles. The molecule has 1 aromatic carbocycles. The highest BCUT2D eigenvalue weighted by molar-refractivity contribution is 6.36. The first-order chi connectivity index (χ1) is 6.58. The van der Waals surface area contributed by atoms with Crippen LogP contribution in [0.4, 0.5) is 5.69 Å². The van der Waals surface area contributed by atoms with E-state index in [1.807, 2.05) is 0 Å². The molecule has 2 N–H and O–H groups in total. The van der Waals surface area contributed by atoms with Gasteiger partial charge in [0.25, 0.3) is 0 Å². The molecule has 0 atom stereocenters. The van der Waals surface area contributed by atoms with Gasteiger partial charge in [-0.25, -0.2) is 9.98 Å². The molecule has 5 nitrogen and oxygen atoms in total. The van der Waals surface area contributed by atoms with Crippen LogP contribution in [-0.4, -0.2) is 11.8 Å². The molecule has 1 aliphatic heterocycles. The van der Waals surface area contributed by atoms with Gasteiger partial charge in [-0.15, -0.1) is 0 Å². The van der Waals surface area contributed by atoms with Gasteiger partial charge in [-0.1, -0.05) is 11.6 Å². The summed E-state index contributed by atoms with van der Waals surface area (Å²) in [6.45, 7) is 0. The van der Waals surface area contributed by atoms with Crippen molar-refractivity contribution in [3.05, 3.63) is 27.9 Å². The predicted octanol–water partition coefficient (Wildman–Crippen LogP) is -0.772. The minimum atomic E-state index is -0.890. The van der Waals surface area contributed by atoms with Crippen molar-refractivity contribution in [1.82, 2.24) is 0 Å². The van der Waals surface area contributed by atoms with Gasteiger partial charge in [0.15, 0.2) is 0 Å². The first kappa shape index (κ1) is 8.83. The zero-order chi connectivity index (χ0) is 10.3. The lowest BCUT2D eigenvalue weighted by Crippen LogP contribution is -2.34. The van der Waals surface area contributed by atoms with E-state index in [4.69, 9.17) is 17.3 Å². The van der Waals surface area contributed by atoms with E-state index in [0.29, 0.717) is 5.69 Å². The van der Waals surface area contributed by atoms with Gasteiger partial charge in [0.2, 0.25) is 0 Å². The fourth-order valence-corrected chi connectivity index (χ4v) is 1.22. The molecule has 1 aliphatic rings. The molecule has 1 heterocycles. The van der Waals surface area contributed by atoms with Crippen LogP contribution in [-0.2, 0) is 9.59 Å². The summed E-state index contributed by atoms with van der Waals surface area (Å²) in [6.07, 6.45) is 0. The van der Waals surface area contributed by atoms with Crippen molar-refractivity contribution in [2.24, 2.45) is 9.98 Å². The Kier molecular flexibility index (Phi) is 1.82. The van der Waals surface area contributed by atoms with E-state index in [2.05, 4.69) is 9.98 Å². The second-order valence-corrected chi connectivity index (χ2v) is 3.10. The van der Waals surface area contributed by atoms with Crippen LogP contribution >= 0.6 is 11.6 Å². The molecule has 70 valence electrons. The number of nitrogens with two attached hydrogens (primary N) is 1. The Morgan fingerprint density at radius 3 is 2.14 bits per heavy atom. The van der Waals surface area contributed by atoms with E-state index in [0.717, 1.165) is 0 Å². The SMILES string of the molecule is Nc1cc2c(cc1Cl)=NC(=O)C(=O)N=2. The summed E-state index contributed by atoms with van der Waals surface area (Å²) >= 11 is 5.71. The Morgan fingerprint density at radius 1 is 1.07 bits per heavy atom. The van der Waals surface area contributed by atoms with Crippen molar-refractivity contribution in [2.75, 3.05) is 5.73 Å². The van der Waals surface area contributed by atoms with E-state index in [1.165, 1.54) is 12.1 Å². The van der Waals surface area contributed by atoms with Gasteiger partial charge in [0.05, 0.1) is 21.4 Å². The Morgan fingerprint density at radius 2 is 1.57 bits per heavy atom. The number of hydrogen-bond donors (Lipinski definition) is 1. The minimum Gasteiger partial charge on any atom is -0.397 e. The van der Waals surface area contributed by atoms with Crippen molar-refractivity contribution < 1.29 is 9.59 Å². The molecule has 0 aliphatic carbocycles. The van der Waals surface area contributed by atoms with Crippen molar-refractivity contribution in [3.63, 3.8) is 0 Å². The van der Waals surface area contributed by atoms with E-state index < -0.39 is 11.8 Å². The molecule has 0 unspecified atom stereocenters. The molecule has 6 heteroatoms. The Labute approximate surface area is 82.9 Å². The van der Waals surface area contributed by atoms with Gasteiger partial charge in [0, 0.05) is 0 Å². The number of nitrogens with zero attached hydrogens (tertiary/aromatic N) is 2. The van der Waals surface area contributed by atoms with E-state index in [1.54, 1.807) is 0 Å². The van der Waals surface area contributed by atoms with Crippen LogP contribution in [0.2, 0.25) is 5.02 Å². The van der Waals surface area contributed by atoms with E-state index in [9.17, 15) is 9.59 Å². The van der Waals surface area contributed by atoms with E-state index in [-0.39, 0.29) is 15.7 Å². The second-order valence-electron chi connectivity index (χ2n) is 2.70. The number of anilines is 1. The smallest absolute Gasteiger partial charge is 0.338 e. The van der Waals surface area contributed by atoms with Gasteiger partial charge < -0.3 is 5.73 Å². The molecule has 1 aromatic rings. The highest BCUT2D eigenvalue weighted by Gasteiger charge is 2.15. The number of hydrogen-bond acceptors (Lipinski definition) is 3. The highest BCUT2D eigenvalue weighted by atomic mass is 35.5. The van der Waals surface area contributed by atoms with Crippen LogP contribution in [0.1, 0.15) is 0 Å². The van der Waals surface area contributed by atoms with Crippen LogP contribution in [0.25, 0.3) is 0 Å². The van der Waals surface area contributed by atoms with Gasteiger partial charge in [-0.2, -0.15) is 0 Å². The lowest BCUT2D eigenvalue weighted by Gasteiger charge is -2.00. The molecular weight excluding hydrogens is 206 g/mol. The largest absolute Gasteiger partial charge is 0.397 e. The Hall–Kier alpha value is -1.75. The van der Waals surface area contributed by atoms with Crippen LogP contribution in [0, 0.1) is 0 Å². The minimum absolute atomic E-state index is 0.272. The number of rotatable bonds is 0. The summed E-state index contributed by atoms with van der Waals surface area (Å²) in [5.41, 5.74) is 5.79. The predicted molar refractivity (Wildman–Crippen MR) is 48.2 cm³/mol. The number of nitrogen functional groups attached to an aromatic ring is 1. The average molecular weight is 210 g/mol. The third kappa shape index (κ3) is 1.27. The molecule has 0 radical (unpaired) electrons. The molecule has 0 spiro atoms. The zero-order valence-corrected chi connectivity index (χ0v) is 7.58. The molecule has 0 fully saturated rings. The topological polar surface area (TPSA) is 84.9 Å². The van der Waals surface area contributed by atoms with E-state index >= 15 is 0 Å². The Bertz CT molecular complexity index is 514. The number of carbonyl (C=O) groups is 2. The van der Waals surface area contributed by atoms with Gasteiger partial charge in [-0.05, 0) is 12.1 Å². The molecule has 0 aromatic heterocycles. The molecular formula is C8H4ClN3O2. The van der Waals surface area contributed by atoms with Crippen molar-refractivity contribution in [3.8, 4) is 0 Å². The normalized spacial score (nSPS) is 14.4. The summed E-state index contributed by atoms with van der Waals surface area (Å²) in [5, 5.41) is 0.829. The van der Waals surface area contributed by atoms with Gasteiger partial charge >= 0.3 is 11.8 Å². The lowest BCUT2D eigenvalue weighted by atomic mass is 10.2. The van der Waals surface area contributed by atoms with Crippen LogP contribution in [0.15, 0.2) is 22.1 Å². The van der Waals surface area contributed by atoms with Crippen LogP contribution in [0.3, 0.4) is 0 Å². The maximum Gasteiger partial charge on any atom is 0.338 e. The summed E-state index contributed by atoms with van der Waals surface area (Å²) in [4.78, 5) is 28.8. The first-order valence-corrected chi connectivity index (χ1v) is 4.06. The summed E-state index contributed by atoms with van der Waals surface area (Å²) in [6, 6.07) is 2.81. The molecule has 2 amide bonds. The molecule has 0 bridgehead atoms. The molecule has 14 heavy (non-hydrogen) atoms. The fraction of sp³-hybridized carbons (Fsp3) is 0. The van der Waals surface area contributed by atoms with Crippen molar-refractivity contribution in [2.45, 2.75) is 0 Å². The lowest BCUT2D eigenvalue weighted by molar-refractivity contribution is -0.135. The monoisotopic (exact) mass is 209 g/mol. The standard InChI is InChI=1S/C8H4ClN3O2/c9-3-1-5-6(2-4(3)10)12-8(14)7(13)11-5/h1-2H,10H2. The average Bonchev–Trinajstić information content (AvgIpc) is 2.11. The number of fused-ring (bicyclic) bond motifs is 1.